The van der Waals surface area contributed by atoms with E-state index in [1.807, 2.05) is 0 Å². The smallest absolute Gasteiger partial charge is 0.273 e. The third-order valence-corrected chi connectivity index (χ3v) is 7.23. The number of methoxy groups -OCH3 is 1. The molecule has 0 radical (unpaired) electrons. The van der Waals surface area contributed by atoms with Crippen LogP contribution in [0.3, 0.4) is 0 Å². The predicted octanol–water partition coefficient (Wildman–Crippen LogP) is 3.25. The minimum atomic E-state index is -0.501. The van der Waals surface area contributed by atoms with Crippen LogP contribution < -0.4 is 4.74 Å². The number of imide groups is 1. The number of carbonyl (C=O) groups excluding carboxylic acids is 2. The second kappa shape index (κ2) is 6.62. The molecule has 1 aliphatic heterocycles. The van der Waals surface area contributed by atoms with Gasteiger partial charge in [0, 0.05) is 6.07 Å². The fourth-order valence-corrected chi connectivity index (χ4v) is 5.73. The van der Waals surface area contributed by atoms with Gasteiger partial charge in [-0.05, 0) is 48.3 Å². The Morgan fingerprint density at radius 2 is 1.81 bits per heavy atom. The number of non-ortho nitro benzene ring substituents is 1. The second-order valence-corrected chi connectivity index (χ2v) is 8.73. The van der Waals surface area contributed by atoms with E-state index >= 15 is 0 Å². The van der Waals surface area contributed by atoms with Crippen molar-refractivity contribution in [1.82, 2.24) is 5.01 Å². The van der Waals surface area contributed by atoms with E-state index in [2.05, 4.69) is 17.3 Å². The molecule has 2 heterocycles. The number of hydrogen-bond acceptors (Lipinski definition) is 7. The van der Waals surface area contributed by atoms with Crippen LogP contribution in [0.2, 0.25) is 0 Å². The summed E-state index contributed by atoms with van der Waals surface area (Å²) in [5.41, 5.74) is 0.450. The van der Waals surface area contributed by atoms with Crippen molar-refractivity contribution >= 4 is 23.7 Å². The average Bonchev–Trinajstić information content (AvgIpc) is 3.44. The zero-order valence-corrected chi connectivity index (χ0v) is 17.1. The van der Waals surface area contributed by atoms with Crippen molar-refractivity contribution in [3.63, 3.8) is 0 Å². The SMILES string of the molecule is COc1cc([N+](=O)[O-])ccc1-c1ccc(/C=N\N2C(=O)[C@@H]3[C@@H]4C=C[C@H]([C@@H]5C[C@H]45)[C@H]3C2=O)o1. The quantitative estimate of drug-likeness (QED) is 0.235. The summed E-state index contributed by atoms with van der Waals surface area (Å²) in [6, 6.07) is 7.56. The maximum absolute atomic E-state index is 13.0. The van der Waals surface area contributed by atoms with Crippen LogP contribution in [-0.2, 0) is 9.59 Å². The lowest BCUT2D eigenvalue weighted by Gasteiger charge is -2.37. The topological polar surface area (TPSA) is 115 Å². The van der Waals surface area contributed by atoms with Crippen molar-refractivity contribution in [2.75, 3.05) is 7.11 Å². The van der Waals surface area contributed by atoms with Crippen molar-refractivity contribution < 1.29 is 23.7 Å². The first-order chi connectivity index (χ1) is 15.5. The molecular weight excluding hydrogens is 414 g/mol. The summed E-state index contributed by atoms with van der Waals surface area (Å²) < 4.78 is 11.0. The molecule has 32 heavy (non-hydrogen) atoms. The summed E-state index contributed by atoms with van der Waals surface area (Å²) in [5, 5.41) is 16.2. The van der Waals surface area contributed by atoms with Gasteiger partial charge in [-0.25, -0.2) is 0 Å². The molecule has 1 aromatic heterocycles. The highest BCUT2D eigenvalue weighted by Crippen LogP contribution is 2.65. The summed E-state index contributed by atoms with van der Waals surface area (Å²) in [5.74, 6) is 1.39. The van der Waals surface area contributed by atoms with Gasteiger partial charge in [0.15, 0.2) is 0 Å². The molecule has 0 unspecified atom stereocenters. The van der Waals surface area contributed by atoms with Crippen molar-refractivity contribution in [3.8, 4) is 17.1 Å². The number of nitrogens with zero attached hydrogens (tertiary/aromatic N) is 3. The third kappa shape index (κ3) is 2.60. The summed E-state index contributed by atoms with van der Waals surface area (Å²) >= 11 is 0. The van der Waals surface area contributed by atoms with Crippen molar-refractivity contribution in [2.24, 2.45) is 40.6 Å². The molecule has 1 aromatic carbocycles. The summed E-state index contributed by atoms with van der Waals surface area (Å²) in [4.78, 5) is 36.4. The monoisotopic (exact) mass is 433 g/mol. The molecule has 1 saturated heterocycles. The number of benzene rings is 1. The number of hydrogen-bond donors (Lipinski definition) is 0. The minimum absolute atomic E-state index is 0.0902. The molecular formula is C23H19N3O6. The number of allylic oxidation sites excluding steroid dienone is 2. The van der Waals surface area contributed by atoms with Gasteiger partial charge in [0.05, 0.1) is 41.7 Å². The molecule has 5 aliphatic rings. The Bertz CT molecular complexity index is 1190. The van der Waals surface area contributed by atoms with E-state index in [-0.39, 0.29) is 41.2 Å². The van der Waals surface area contributed by atoms with Crippen LogP contribution in [0.15, 0.2) is 52.0 Å². The summed E-state index contributed by atoms with van der Waals surface area (Å²) in [6.07, 6.45) is 6.70. The van der Waals surface area contributed by atoms with Gasteiger partial charge in [0.2, 0.25) is 0 Å². The maximum Gasteiger partial charge on any atom is 0.273 e. The summed E-state index contributed by atoms with van der Waals surface area (Å²) in [7, 11) is 1.42. The van der Waals surface area contributed by atoms with Gasteiger partial charge in [-0.2, -0.15) is 10.1 Å². The van der Waals surface area contributed by atoms with E-state index in [1.54, 1.807) is 18.2 Å². The first kappa shape index (κ1) is 19.0. The number of rotatable bonds is 5. The molecule has 9 nitrogen and oxygen atoms in total. The van der Waals surface area contributed by atoms with Gasteiger partial charge in [-0.1, -0.05) is 12.2 Å². The highest BCUT2D eigenvalue weighted by atomic mass is 16.6. The number of nitro groups is 1. The van der Waals surface area contributed by atoms with Crippen LogP contribution in [0.25, 0.3) is 11.3 Å². The Labute approximate surface area is 182 Å². The molecule has 3 fully saturated rings. The highest BCUT2D eigenvalue weighted by molar-refractivity contribution is 6.06. The van der Waals surface area contributed by atoms with Crippen LogP contribution in [0.4, 0.5) is 5.69 Å². The zero-order chi connectivity index (χ0) is 22.1. The van der Waals surface area contributed by atoms with E-state index in [1.165, 1.54) is 25.5 Å². The zero-order valence-electron chi connectivity index (χ0n) is 17.1. The van der Waals surface area contributed by atoms with Gasteiger partial charge in [0.25, 0.3) is 17.5 Å². The number of amides is 2. The molecule has 0 N–H and O–H groups in total. The number of furan rings is 1. The minimum Gasteiger partial charge on any atom is -0.496 e. The lowest BCUT2D eigenvalue weighted by atomic mass is 9.63. The van der Waals surface area contributed by atoms with Crippen LogP contribution >= 0.6 is 0 Å². The van der Waals surface area contributed by atoms with Crippen molar-refractivity contribution in [3.05, 3.63) is 58.4 Å². The number of hydrazone groups is 1. The molecule has 2 bridgehead atoms. The van der Waals surface area contributed by atoms with Crippen LogP contribution in [0.1, 0.15) is 12.2 Å². The second-order valence-electron chi connectivity index (χ2n) is 8.73. The molecule has 0 spiro atoms. The third-order valence-electron chi connectivity index (χ3n) is 7.23. The molecule has 2 saturated carbocycles. The molecule has 162 valence electrons. The van der Waals surface area contributed by atoms with Gasteiger partial charge < -0.3 is 9.15 Å². The largest absolute Gasteiger partial charge is 0.496 e. The number of nitro benzene ring substituents is 1. The normalized spacial score (nSPS) is 31.8. The van der Waals surface area contributed by atoms with Crippen LogP contribution in [-0.4, -0.2) is 35.1 Å². The fraction of sp³-hybridized carbons (Fsp3) is 0.348. The fourth-order valence-electron chi connectivity index (χ4n) is 5.73. The van der Waals surface area contributed by atoms with E-state index in [9.17, 15) is 19.7 Å². The molecule has 4 aliphatic carbocycles. The van der Waals surface area contributed by atoms with Crippen molar-refractivity contribution in [1.29, 1.82) is 0 Å². The van der Waals surface area contributed by atoms with Crippen molar-refractivity contribution in [2.45, 2.75) is 6.42 Å². The highest BCUT2D eigenvalue weighted by Gasteiger charge is 2.67. The first-order valence-corrected chi connectivity index (χ1v) is 10.5. The molecule has 9 heteroatoms. The Hall–Kier alpha value is -3.75. The number of ether oxygens (including phenoxy) is 1. The Morgan fingerprint density at radius 1 is 1.12 bits per heavy atom. The van der Waals surface area contributed by atoms with Gasteiger partial charge in [-0.15, -0.1) is 0 Å². The maximum atomic E-state index is 13.0. The Balaban J connectivity index is 1.24. The van der Waals surface area contributed by atoms with E-state index in [0.717, 1.165) is 11.4 Å². The van der Waals surface area contributed by atoms with Gasteiger partial charge in [-0.3, -0.25) is 19.7 Å². The average molecular weight is 433 g/mol. The first-order valence-electron chi connectivity index (χ1n) is 10.5. The molecule has 6 atom stereocenters. The van der Waals surface area contributed by atoms with Gasteiger partial charge in [0.1, 0.15) is 17.3 Å². The van der Waals surface area contributed by atoms with Crippen LogP contribution in [0.5, 0.6) is 5.75 Å². The predicted molar refractivity (Wildman–Crippen MR) is 111 cm³/mol. The standard InChI is InChI=1S/C23H19N3O6/c1-31-19-8-11(26(29)30)2-4-15(19)18-7-3-12(32-18)10-24-25-22(27)20-13-5-6-14(17-9-16(13)17)21(20)23(25)28/h2-8,10,13-14,16-17,20-21H,9H2,1H3/b24-10-/t13-,14-,16-,17+,20-,21-/m1/s1. The molecule has 7 rings (SSSR count). The van der Waals surface area contributed by atoms with Gasteiger partial charge >= 0.3 is 0 Å². The summed E-state index contributed by atoms with van der Waals surface area (Å²) in [6.45, 7) is 0. The Kier molecular flexibility index (Phi) is 3.93. The van der Waals surface area contributed by atoms with E-state index in [4.69, 9.17) is 9.15 Å². The lowest BCUT2D eigenvalue weighted by Crippen LogP contribution is -2.40. The molecule has 2 aromatic rings. The van der Waals surface area contributed by atoms with E-state index in [0.29, 0.717) is 34.7 Å². The van der Waals surface area contributed by atoms with Crippen LogP contribution in [0, 0.1) is 45.6 Å². The Morgan fingerprint density at radius 3 is 2.44 bits per heavy atom. The van der Waals surface area contributed by atoms with E-state index < -0.39 is 4.92 Å². The lowest BCUT2D eigenvalue weighted by molar-refractivity contribution is -0.384. The number of carbonyl (C=O) groups is 2. The molecule has 2 amide bonds.